The molecule has 2 amide bonds. The van der Waals surface area contributed by atoms with E-state index in [9.17, 15) is 14.4 Å². The van der Waals surface area contributed by atoms with Gasteiger partial charge >= 0.3 is 0 Å². The Morgan fingerprint density at radius 2 is 2.04 bits per heavy atom. The summed E-state index contributed by atoms with van der Waals surface area (Å²) in [6, 6.07) is 8.64. The Morgan fingerprint density at radius 3 is 2.79 bits per heavy atom. The lowest BCUT2D eigenvalue weighted by Crippen LogP contribution is -2.26. The van der Waals surface area contributed by atoms with Crippen molar-refractivity contribution in [3.8, 4) is 0 Å². The van der Waals surface area contributed by atoms with Crippen LogP contribution in [-0.4, -0.2) is 27.5 Å². The Balaban J connectivity index is 1.48. The molecular weight excluding hydrogens is 400 g/mol. The quantitative estimate of drug-likeness (QED) is 0.360. The molecule has 0 fully saturated rings. The molecule has 0 bridgehead atoms. The fraction of sp³-hybridized carbons (Fsp3) is 0.222. The number of aromatic nitrogens is 2. The van der Waals surface area contributed by atoms with Crippen LogP contribution in [0.3, 0.4) is 0 Å². The molecule has 3 heterocycles. The summed E-state index contributed by atoms with van der Waals surface area (Å²) in [6.45, 7) is 0.734. The summed E-state index contributed by atoms with van der Waals surface area (Å²) >= 11 is 2.65. The normalized spacial score (nSPS) is 10.6. The highest BCUT2D eigenvalue weighted by atomic mass is 32.2. The Morgan fingerprint density at radius 1 is 1.18 bits per heavy atom. The standard InChI is InChI=1S/C18H18N4O4S2/c23-15(20-10-14-4-2-6-27-14)7-12-8-16(24)22-18(21-12)28-11-17(25)19-9-13-3-1-5-26-13/h1-6,8H,7,9-11H2,(H,19,25)(H,20,23)(H,21,22,24). The van der Waals surface area contributed by atoms with Gasteiger partial charge in [0.05, 0.1) is 37.2 Å². The number of nitrogens with one attached hydrogen (secondary N) is 3. The fourth-order valence-electron chi connectivity index (χ4n) is 2.25. The lowest BCUT2D eigenvalue weighted by molar-refractivity contribution is -0.121. The van der Waals surface area contributed by atoms with Gasteiger partial charge in [-0.3, -0.25) is 14.4 Å². The van der Waals surface area contributed by atoms with Crippen LogP contribution in [0, 0.1) is 0 Å². The maximum absolute atomic E-state index is 12.1. The van der Waals surface area contributed by atoms with Gasteiger partial charge in [0, 0.05) is 10.9 Å². The van der Waals surface area contributed by atoms with Gasteiger partial charge in [-0.05, 0) is 23.6 Å². The van der Waals surface area contributed by atoms with Gasteiger partial charge in [0.2, 0.25) is 11.8 Å². The van der Waals surface area contributed by atoms with Crippen LogP contribution in [-0.2, 0) is 29.1 Å². The number of furan rings is 1. The van der Waals surface area contributed by atoms with Crippen molar-refractivity contribution in [2.45, 2.75) is 24.7 Å². The number of hydrogen-bond acceptors (Lipinski definition) is 7. The molecule has 0 spiro atoms. The molecule has 28 heavy (non-hydrogen) atoms. The molecule has 3 aromatic heterocycles. The first kappa shape index (κ1) is 19.9. The minimum absolute atomic E-state index is 0.00640. The Kier molecular flexibility index (Phi) is 7.04. The molecule has 3 N–H and O–H groups in total. The maximum Gasteiger partial charge on any atom is 0.251 e. The van der Waals surface area contributed by atoms with E-state index in [4.69, 9.17) is 4.42 Å². The zero-order valence-corrected chi connectivity index (χ0v) is 16.4. The van der Waals surface area contributed by atoms with Crippen molar-refractivity contribution < 1.29 is 14.0 Å². The Labute approximate surface area is 168 Å². The van der Waals surface area contributed by atoms with Crippen molar-refractivity contribution >= 4 is 34.9 Å². The number of thioether (sulfide) groups is 1. The summed E-state index contributed by atoms with van der Waals surface area (Å²) in [4.78, 5) is 43.6. The van der Waals surface area contributed by atoms with E-state index in [0.29, 0.717) is 29.7 Å². The number of thiophene rings is 1. The summed E-state index contributed by atoms with van der Waals surface area (Å²) in [7, 11) is 0. The second kappa shape index (κ2) is 9.90. The molecule has 0 aliphatic rings. The first-order valence-corrected chi connectivity index (χ1v) is 10.3. The zero-order valence-electron chi connectivity index (χ0n) is 14.8. The fourth-order valence-corrected chi connectivity index (χ4v) is 3.62. The summed E-state index contributed by atoms with van der Waals surface area (Å²) < 4.78 is 5.14. The van der Waals surface area contributed by atoms with Crippen molar-refractivity contribution in [2.24, 2.45) is 0 Å². The Bertz CT molecular complexity index is 968. The number of H-pyrrole nitrogens is 1. The van der Waals surface area contributed by atoms with Crippen LogP contribution in [0.4, 0.5) is 0 Å². The second-order valence-electron chi connectivity index (χ2n) is 5.72. The summed E-state index contributed by atoms with van der Waals surface area (Å²) in [5.41, 5.74) is -0.0135. The Hall–Kier alpha value is -2.85. The molecule has 146 valence electrons. The minimum Gasteiger partial charge on any atom is -0.467 e. The van der Waals surface area contributed by atoms with E-state index < -0.39 is 0 Å². The molecule has 0 atom stereocenters. The molecule has 3 aromatic rings. The topological polar surface area (TPSA) is 117 Å². The molecule has 8 nitrogen and oxygen atoms in total. The number of carbonyl (C=O) groups excluding carboxylic acids is 2. The molecular formula is C18H18N4O4S2. The predicted molar refractivity (Wildman–Crippen MR) is 106 cm³/mol. The molecule has 10 heteroatoms. The number of carbonyl (C=O) groups is 2. The van der Waals surface area contributed by atoms with Gasteiger partial charge in [-0.25, -0.2) is 4.98 Å². The second-order valence-corrected chi connectivity index (χ2v) is 7.72. The summed E-state index contributed by atoms with van der Waals surface area (Å²) in [5, 5.41) is 7.73. The van der Waals surface area contributed by atoms with Gasteiger partial charge in [0.1, 0.15) is 5.76 Å². The van der Waals surface area contributed by atoms with E-state index in [2.05, 4.69) is 20.6 Å². The highest BCUT2D eigenvalue weighted by Crippen LogP contribution is 2.12. The highest BCUT2D eigenvalue weighted by Gasteiger charge is 2.10. The van der Waals surface area contributed by atoms with Gasteiger partial charge in [-0.1, -0.05) is 17.8 Å². The molecule has 0 radical (unpaired) electrons. The smallest absolute Gasteiger partial charge is 0.251 e. The van der Waals surface area contributed by atoms with E-state index in [1.54, 1.807) is 23.5 Å². The number of hydrogen-bond donors (Lipinski definition) is 3. The van der Waals surface area contributed by atoms with Gasteiger partial charge in [0.15, 0.2) is 5.16 Å². The molecule has 3 rings (SSSR count). The highest BCUT2D eigenvalue weighted by molar-refractivity contribution is 7.99. The molecule has 0 saturated carbocycles. The number of nitrogens with zero attached hydrogens (tertiary/aromatic N) is 1. The summed E-state index contributed by atoms with van der Waals surface area (Å²) in [6.07, 6.45) is 1.53. The van der Waals surface area contributed by atoms with E-state index in [1.165, 1.54) is 12.3 Å². The monoisotopic (exact) mass is 418 g/mol. The van der Waals surface area contributed by atoms with Gasteiger partial charge in [0.25, 0.3) is 5.56 Å². The van der Waals surface area contributed by atoms with Gasteiger partial charge in [-0.15, -0.1) is 11.3 Å². The third-order valence-corrected chi connectivity index (χ3v) is 5.28. The van der Waals surface area contributed by atoms with E-state index in [1.807, 2.05) is 17.5 Å². The van der Waals surface area contributed by atoms with Crippen LogP contribution in [0.2, 0.25) is 0 Å². The maximum atomic E-state index is 12.1. The minimum atomic E-state index is -0.366. The van der Waals surface area contributed by atoms with Crippen LogP contribution in [0.25, 0.3) is 0 Å². The van der Waals surface area contributed by atoms with Crippen LogP contribution in [0.15, 0.2) is 56.3 Å². The van der Waals surface area contributed by atoms with E-state index >= 15 is 0 Å². The molecule has 0 saturated heterocycles. The van der Waals surface area contributed by atoms with Crippen LogP contribution in [0.5, 0.6) is 0 Å². The lowest BCUT2D eigenvalue weighted by atomic mass is 10.3. The largest absolute Gasteiger partial charge is 0.467 e. The lowest BCUT2D eigenvalue weighted by Gasteiger charge is -2.06. The SMILES string of the molecule is O=C(CSc1nc(CC(=O)NCc2cccs2)cc(=O)[nH]1)NCc1ccco1. The van der Waals surface area contributed by atoms with Gasteiger partial charge in [-0.2, -0.15) is 0 Å². The van der Waals surface area contributed by atoms with E-state index in [-0.39, 0.29) is 29.5 Å². The molecule has 0 aromatic carbocycles. The molecule has 0 unspecified atom stereocenters. The predicted octanol–water partition coefficient (Wildman–Crippen LogP) is 1.69. The van der Waals surface area contributed by atoms with Crippen LogP contribution >= 0.6 is 23.1 Å². The van der Waals surface area contributed by atoms with Gasteiger partial charge < -0.3 is 20.0 Å². The average Bonchev–Trinajstić information content (AvgIpc) is 3.36. The van der Waals surface area contributed by atoms with Crippen LogP contribution in [0.1, 0.15) is 16.3 Å². The number of rotatable bonds is 9. The zero-order chi connectivity index (χ0) is 19.8. The molecule has 0 aliphatic carbocycles. The third kappa shape index (κ3) is 6.39. The van der Waals surface area contributed by atoms with Crippen molar-refractivity contribution in [1.29, 1.82) is 0 Å². The number of aromatic amines is 1. The summed E-state index contributed by atoms with van der Waals surface area (Å²) in [5.74, 6) is 0.291. The van der Waals surface area contributed by atoms with Crippen LogP contribution < -0.4 is 16.2 Å². The average molecular weight is 419 g/mol. The van der Waals surface area contributed by atoms with Crippen molar-refractivity contribution in [2.75, 3.05) is 5.75 Å². The first-order valence-electron chi connectivity index (χ1n) is 8.39. The van der Waals surface area contributed by atoms with Crippen molar-refractivity contribution in [1.82, 2.24) is 20.6 Å². The molecule has 0 aliphatic heterocycles. The third-order valence-electron chi connectivity index (χ3n) is 3.53. The van der Waals surface area contributed by atoms with E-state index in [0.717, 1.165) is 16.6 Å². The van der Waals surface area contributed by atoms with Crippen molar-refractivity contribution in [3.05, 3.63) is 68.7 Å². The number of amides is 2. The first-order chi connectivity index (χ1) is 13.6. The van der Waals surface area contributed by atoms with Crippen molar-refractivity contribution in [3.63, 3.8) is 0 Å².